The number of nitrogens with one attached hydrogen (secondary N) is 2. The maximum atomic E-state index is 13.3. The maximum absolute atomic E-state index is 13.3. The number of halogens is 2. The number of carbonyl (C=O) groups excluding carboxylic acids is 2. The monoisotopic (exact) mass is 547 g/mol. The van der Waals surface area contributed by atoms with Crippen LogP contribution in [0, 0.1) is 17.1 Å². The van der Waals surface area contributed by atoms with E-state index >= 15 is 0 Å². The molecule has 1 aliphatic rings. The predicted molar refractivity (Wildman–Crippen MR) is 147 cm³/mol. The first-order valence-electron chi connectivity index (χ1n) is 11.7. The fourth-order valence-electron chi connectivity index (χ4n) is 4.01. The minimum absolute atomic E-state index is 0.0327. The molecule has 0 unspecified atom stereocenters. The van der Waals surface area contributed by atoms with Gasteiger partial charge in [-0.05, 0) is 54.4 Å². The molecule has 4 rings (SSSR count). The summed E-state index contributed by atoms with van der Waals surface area (Å²) >= 11 is 7.26. The highest BCUT2D eigenvalue weighted by atomic mass is 35.5. The second-order valence-electron chi connectivity index (χ2n) is 8.18. The zero-order chi connectivity index (χ0) is 27.1. The van der Waals surface area contributed by atoms with E-state index in [9.17, 15) is 19.2 Å². The minimum atomic E-state index is -0.754. The Hall–Kier alpha value is -4.06. The standard InChI is InChI=1S/C29H23ClFN3O3S/c1-2-37-29(36)26-25(18-8-10-20(30)11-9-18)23(16-32)28(34-27(26)19-6-4-3-5-7-19)38-17-24(35)33-22-14-12-21(31)13-15-22/h3-15,25,34H,2,17H2,1H3,(H,33,35)/t25-/m1/s1. The van der Waals surface area contributed by atoms with Gasteiger partial charge in [-0.15, -0.1) is 0 Å². The molecule has 38 heavy (non-hydrogen) atoms. The van der Waals surface area contributed by atoms with Crippen LogP contribution in [0.2, 0.25) is 5.02 Å². The lowest BCUT2D eigenvalue weighted by molar-refractivity contribution is -0.138. The van der Waals surface area contributed by atoms with Gasteiger partial charge in [0.1, 0.15) is 5.82 Å². The number of amides is 1. The molecule has 0 aliphatic carbocycles. The highest BCUT2D eigenvalue weighted by Gasteiger charge is 2.37. The largest absolute Gasteiger partial charge is 0.463 e. The normalized spacial score (nSPS) is 14.9. The lowest BCUT2D eigenvalue weighted by Gasteiger charge is -2.30. The third-order valence-corrected chi connectivity index (χ3v) is 6.96. The van der Waals surface area contributed by atoms with Gasteiger partial charge >= 0.3 is 5.97 Å². The summed E-state index contributed by atoms with van der Waals surface area (Å²) in [5.41, 5.74) is 2.91. The molecule has 1 heterocycles. The van der Waals surface area contributed by atoms with E-state index in [2.05, 4.69) is 16.7 Å². The summed E-state index contributed by atoms with van der Waals surface area (Å²) in [6.45, 7) is 1.88. The molecular formula is C29H23ClFN3O3S. The lowest BCUT2D eigenvalue weighted by atomic mass is 9.81. The lowest BCUT2D eigenvalue weighted by Crippen LogP contribution is -2.29. The quantitative estimate of drug-likeness (QED) is 0.324. The zero-order valence-electron chi connectivity index (χ0n) is 20.3. The molecule has 6 nitrogen and oxygen atoms in total. The molecule has 2 N–H and O–H groups in total. The van der Waals surface area contributed by atoms with Gasteiger partial charge in [0.25, 0.3) is 0 Å². The number of allylic oxidation sites excluding steroid dienone is 1. The Kier molecular flexibility index (Phi) is 8.85. The number of anilines is 1. The smallest absolute Gasteiger partial charge is 0.337 e. The van der Waals surface area contributed by atoms with Crippen molar-refractivity contribution >= 4 is 46.6 Å². The van der Waals surface area contributed by atoms with Gasteiger partial charge < -0.3 is 15.4 Å². The van der Waals surface area contributed by atoms with Crippen molar-refractivity contribution in [1.82, 2.24) is 5.32 Å². The van der Waals surface area contributed by atoms with E-state index in [1.807, 2.05) is 30.3 Å². The van der Waals surface area contributed by atoms with E-state index in [4.69, 9.17) is 16.3 Å². The maximum Gasteiger partial charge on any atom is 0.337 e. The van der Waals surface area contributed by atoms with Gasteiger partial charge in [-0.25, -0.2) is 9.18 Å². The second kappa shape index (κ2) is 12.5. The van der Waals surface area contributed by atoms with Crippen molar-refractivity contribution in [3.8, 4) is 6.07 Å². The van der Waals surface area contributed by atoms with Gasteiger partial charge in [0.05, 0.1) is 46.2 Å². The van der Waals surface area contributed by atoms with E-state index in [0.29, 0.717) is 27.0 Å². The second-order valence-corrected chi connectivity index (χ2v) is 9.61. The van der Waals surface area contributed by atoms with Crippen LogP contribution >= 0.6 is 23.4 Å². The van der Waals surface area contributed by atoms with Crippen molar-refractivity contribution < 1.29 is 18.7 Å². The number of dihydropyridines is 1. The van der Waals surface area contributed by atoms with Crippen LogP contribution in [0.3, 0.4) is 0 Å². The number of thioether (sulfide) groups is 1. The third-order valence-electron chi connectivity index (χ3n) is 5.69. The van der Waals surface area contributed by atoms with E-state index < -0.39 is 17.7 Å². The van der Waals surface area contributed by atoms with Gasteiger partial charge in [0.2, 0.25) is 5.91 Å². The molecule has 3 aromatic rings. The molecule has 0 saturated carbocycles. The zero-order valence-corrected chi connectivity index (χ0v) is 21.9. The molecule has 1 aliphatic heterocycles. The average molecular weight is 548 g/mol. The number of hydrogen-bond donors (Lipinski definition) is 2. The summed E-state index contributed by atoms with van der Waals surface area (Å²) < 4.78 is 18.6. The Bertz CT molecular complexity index is 1430. The summed E-state index contributed by atoms with van der Waals surface area (Å²) in [7, 11) is 0. The molecule has 192 valence electrons. The summed E-state index contributed by atoms with van der Waals surface area (Å²) in [5, 5.41) is 17.2. The number of nitriles is 1. The van der Waals surface area contributed by atoms with Crippen LogP contribution in [0.4, 0.5) is 10.1 Å². The third kappa shape index (κ3) is 6.25. The van der Waals surface area contributed by atoms with Crippen molar-refractivity contribution in [2.24, 2.45) is 0 Å². The van der Waals surface area contributed by atoms with Crippen molar-refractivity contribution in [1.29, 1.82) is 5.26 Å². The molecule has 0 bridgehead atoms. The van der Waals surface area contributed by atoms with E-state index in [1.54, 1.807) is 31.2 Å². The number of nitrogens with zero attached hydrogens (tertiary/aromatic N) is 1. The van der Waals surface area contributed by atoms with Crippen molar-refractivity contribution in [3.63, 3.8) is 0 Å². The SMILES string of the molecule is CCOC(=O)C1=C(c2ccccc2)NC(SCC(=O)Nc2ccc(F)cc2)=C(C#N)[C@H]1c1ccc(Cl)cc1. The molecule has 3 aromatic carbocycles. The van der Waals surface area contributed by atoms with Crippen molar-refractivity contribution in [2.75, 3.05) is 17.7 Å². The van der Waals surface area contributed by atoms with Crippen LogP contribution in [0.1, 0.15) is 24.0 Å². The van der Waals surface area contributed by atoms with Gasteiger partial charge in [0, 0.05) is 10.7 Å². The Morgan fingerprint density at radius 2 is 1.76 bits per heavy atom. The number of esters is 1. The molecule has 0 spiro atoms. The Labute approximate surface area is 229 Å². The van der Waals surface area contributed by atoms with Crippen molar-refractivity contribution in [3.05, 3.63) is 117 Å². The first kappa shape index (κ1) is 27.0. The molecular weight excluding hydrogens is 525 g/mol. The Morgan fingerprint density at radius 1 is 1.08 bits per heavy atom. The fraction of sp³-hybridized carbons (Fsp3) is 0.138. The highest BCUT2D eigenvalue weighted by molar-refractivity contribution is 8.03. The number of ether oxygens (including phenoxy) is 1. The van der Waals surface area contributed by atoms with Crippen LogP contribution in [0.5, 0.6) is 0 Å². The van der Waals surface area contributed by atoms with Crippen molar-refractivity contribution in [2.45, 2.75) is 12.8 Å². The van der Waals surface area contributed by atoms with Crippen LogP contribution < -0.4 is 10.6 Å². The highest BCUT2D eigenvalue weighted by Crippen LogP contribution is 2.43. The molecule has 1 atom stereocenters. The topological polar surface area (TPSA) is 91.2 Å². The number of rotatable bonds is 8. The first-order chi connectivity index (χ1) is 18.4. The fourth-order valence-corrected chi connectivity index (χ4v) is 4.98. The molecule has 0 fully saturated rings. The molecule has 0 saturated heterocycles. The van der Waals surface area contributed by atoms with E-state index in [1.165, 1.54) is 24.3 Å². The van der Waals surface area contributed by atoms with Crippen LogP contribution in [-0.4, -0.2) is 24.2 Å². The van der Waals surface area contributed by atoms with E-state index in [0.717, 1.165) is 17.3 Å². The molecule has 1 amide bonds. The summed E-state index contributed by atoms with van der Waals surface area (Å²) in [4.78, 5) is 26.0. The molecule has 0 aromatic heterocycles. The van der Waals surface area contributed by atoms with Crippen LogP contribution in [0.15, 0.2) is 95.0 Å². The number of carbonyl (C=O) groups is 2. The summed E-state index contributed by atoms with van der Waals surface area (Å²) in [5.74, 6) is -2.08. The van der Waals surface area contributed by atoms with Gasteiger partial charge in [-0.2, -0.15) is 5.26 Å². The van der Waals surface area contributed by atoms with Crippen LogP contribution in [0.25, 0.3) is 5.70 Å². The predicted octanol–water partition coefficient (Wildman–Crippen LogP) is 6.25. The summed E-state index contributed by atoms with van der Waals surface area (Å²) in [6, 6.07) is 23.9. The number of hydrogen-bond acceptors (Lipinski definition) is 6. The Balaban J connectivity index is 1.75. The molecule has 0 radical (unpaired) electrons. The average Bonchev–Trinajstić information content (AvgIpc) is 2.93. The first-order valence-corrected chi connectivity index (χ1v) is 13.1. The van der Waals surface area contributed by atoms with Crippen LogP contribution in [-0.2, 0) is 14.3 Å². The van der Waals surface area contributed by atoms with Gasteiger partial charge in [-0.1, -0.05) is 65.8 Å². The molecule has 9 heteroatoms. The van der Waals surface area contributed by atoms with E-state index in [-0.39, 0.29) is 29.4 Å². The summed E-state index contributed by atoms with van der Waals surface area (Å²) in [6.07, 6.45) is 0. The van der Waals surface area contributed by atoms with Gasteiger partial charge in [-0.3, -0.25) is 4.79 Å². The Morgan fingerprint density at radius 3 is 2.39 bits per heavy atom. The number of benzene rings is 3. The minimum Gasteiger partial charge on any atom is -0.463 e. The van der Waals surface area contributed by atoms with Gasteiger partial charge in [0.15, 0.2) is 0 Å².